The monoisotopic (exact) mass is 380 g/mol. The van der Waals surface area contributed by atoms with Crippen LogP contribution in [0.2, 0.25) is 0 Å². The van der Waals surface area contributed by atoms with E-state index in [4.69, 9.17) is 0 Å². The summed E-state index contributed by atoms with van der Waals surface area (Å²) in [6, 6.07) is 9.68. The Morgan fingerprint density at radius 3 is 2.32 bits per heavy atom. The predicted octanol–water partition coefficient (Wildman–Crippen LogP) is 5.10. The standard InChI is InChI=1S/C24H32N2O2/c1-21(2)13-23(5)12-16-11-22(3,4)20(26-25-17-9-7-6-8-10-17)19(27)18(16)24(28,14-21)15-23/h6-10,25,28H,11-15H2,1-5H3/t23-,24-/m0/s1. The molecule has 3 aliphatic rings. The van der Waals surface area contributed by atoms with E-state index in [1.165, 1.54) is 0 Å². The molecule has 0 aromatic heterocycles. The van der Waals surface area contributed by atoms with Crippen molar-refractivity contribution >= 4 is 17.2 Å². The van der Waals surface area contributed by atoms with Gasteiger partial charge in [-0.15, -0.1) is 0 Å². The van der Waals surface area contributed by atoms with Gasteiger partial charge in [-0.25, -0.2) is 0 Å². The van der Waals surface area contributed by atoms with Crippen LogP contribution in [0.15, 0.2) is 46.6 Å². The third-order valence-electron chi connectivity index (χ3n) is 6.66. The first kappa shape index (κ1) is 19.4. The Kier molecular flexibility index (Phi) is 4.17. The first-order valence-electron chi connectivity index (χ1n) is 10.3. The molecule has 2 bridgehead atoms. The topological polar surface area (TPSA) is 61.7 Å². The quantitative estimate of drug-likeness (QED) is 0.702. The molecule has 4 nitrogen and oxygen atoms in total. The lowest BCUT2D eigenvalue weighted by molar-refractivity contribution is -0.119. The lowest BCUT2D eigenvalue weighted by atomic mass is 9.49. The average Bonchev–Trinajstić information content (AvgIpc) is 2.50. The number of allylic oxidation sites excluding steroid dienone is 1. The van der Waals surface area contributed by atoms with E-state index in [1.54, 1.807) is 0 Å². The van der Waals surface area contributed by atoms with Crippen LogP contribution in [0.25, 0.3) is 0 Å². The Morgan fingerprint density at radius 1 is 0.964 bits per heavy atom. The van der Waals surface area contributed by atoms with Gasteiger partial charge >= 0.3 is 0 Å². The van der Waals surface area contributed by atoms with Gasteiger partial charge in [0.25, 0.3) is 0 Å². The molecule has 4 heteroatoms. The number of para-hydroxylation sites is 1. The number of hydrogen-bond acceptors (Lipinski definition) is 4. The summed E-state index contributed by atoms with van der Waals surface area (Å²) in [5, 5.41) is 16.2. The minimum atomic E-state index is -1.04. The number of fused-ring (bicyclic) bond motifs is 3. The average molecular weight is 381 g/mol. The van der Waals surface area contributed by atoms with Crippen molar-refractivity contribution in [1.29, 1.82) is 0 Å². The minimum absolute atomic E-state index is 0.0210. The second-order valence-corrected chi connectivity index (χ2v) is 11.0. The van der Waals surface area contributed by atoms with E-state index in [0.29, 0.717) is 24.1 Å². The molecule has 28 heavy (non-hydrogen) atoms. The summed E-state index contributed by atoms with van der Waals surface area (Å²) in [5.41, 5.74) is 4.91. The molecule has 1 aromatic rings. The van der Waals surface area contributed by atoms with Gasteiger partial charge in [-0.3, -0.25) is 10.2 Å². The van der Waals surface area contributed by atoms with Gasteiger partial charge in [-0.05, 0) is 55.1 Å². The highest BCUT2D eigenvalue weighted by Gasteiger charge is 2.58. The Labute approximate surface area is 168 Å². The zero-order valence-electron chi connectivity index (χ0n) is 17.7. The van der Waals surface area contributed by atoms with Gasteiger partial charge in [0.2, 0.25) is 5.78 Å². The maximum absolute atomic E-state index is 13.6. The molecule has 0 spiro atoms. The maximum atomic E-state index is 13.6. The highest BCUT2D eigenvalue weighted by Crippen LogP contribution is 2.61. The first-order chi connectivity index (χ1) is 12.9. The normalized spacial score (nSPS) is 34.9. The van der Waals surface area contributed by atoms with Crippen molar-refractivity contribution in [1.82, 2.24) is 0 Å². The molecule has 1 aromatic carbocycles. The van der Waals surface area contributed by atoms with Crippen molar-refractivity contribution in [3.8, 4) is 0 Å². The summed E-state index contributed by atoms with van der Waals surface area (Å²) in [5.74, 6) is -0.0723. The summed E-state index contributed by atoms with van der Waals surface area (Å²) in [6.45, 7) is 10.9. The van der Waals surface area contributed by atoms with Gasteiger partial charge in [0, 0.05) is 11.0 Å². The van der Waals surface area contributed by atoms with Gasteiger partial charge in [-0.1, -0.05) is 58.4 Å². The molecular weight excluding hydrogens is 348 g/mol. The number of anilines is 1. The number of aliphatic hydroxyl groups is 1. The molecule has 2 N–H and O–H groups in total. The molecule has 1 saturated carbocycles. The molecule has 4 rings (SSSR count). The largest absolute Gasteiger partial charge is 0.385 e. The number of rotatable bonds is 2. The number of hydrazone groups is 1. The predicted molar refractivity (Wildman–Crippen MR) is 113 cm³/mol. The van der Waals surface area contributed by atoms with E-state index in [2.05, 4.69) is 45.1 Å². The van der Waals surface area contributed by atoms with Crippen molar-refractivity contribution in [3.63, 3.8) is 0 Å². The molecule has 0 radical (unpaired) electrons. The third kappa shape index (κ3) is 3.22. The van der Waals surface area contributed by atoms with Crippen LogP contribution in [0, 0.1) is 16.2 Å². The second kappa shape index (κ2) is 6.03. The van der Waals surface area contributed by atoms with Crippen LogP contribution in [0.3, 0.4) is 0 Å². The molecule has 1 fully saturated rings. The fourth-order valence-electron chi connectivity index (χ4n) is 6.48. The maximum Gasteiger partial charge on any atom is 0.208 e. The highest BCUT2D eigenvalue weighted by atomic mass is 16.3. The molecule has 0 heterocycles. The zero-order valence-corrected chi connectivity index (χ0v) is 17.7. The van der Waals surface area contributed by atoms with Crippen LogP contribution in [-0.2, 0) is 4.79 Å². The number of ketones is 1. The van der Waals surface area contributed by atoms with Crippen molar-refractivity contribution in [2.75, 3.05) is 5.43 Å². The van der Waals surface area contributed by atoms with Crippen LogP contribution < -0.4 is 5.43 Å². The summed E-state index contributed by atoms with van der Waals surface area (Å²) in [6.07, 6.45) is 4.09. The summed E-state index contributed by atoms with van der Waals surface area (Å²) in [4.78, 5) is 13.6. The van der Waals surface area contributed by atoms with Crippen molar-refractivity contribution in [2.24, 2.45) is 21.3 Å². The second-order valence-electron chi connectivity index (χ2n) is 11.0. The third-order valence-corrected chi connectivity index (χ3v) is 6.66. The van der Waals surface area contributed by atoms with Crippen LogP contribution in [0.1, 0.15) is 66.7 Å². The number of nitrogens with zero attached hydrogens (tertiary/aromatic N) is 1. The van der Waals surface area contributed by atoms with Crippen molar-refractivity contribution < 1.29 is 9.90 Å². The molecular formula is C24H32N2O2. The SMILES string of the molecule is CC1(C)C[C@]2(C)CC3=C(C(=O)C(=NNc4ccccc4)C(C)(C)C3)[C@](O)(C1)C2. The minimum Gasteiger partial charge on any atom is -0.385 e. The van der Waals surface area contributed by atoms with Crippen LogP contribution >= 0.6 is 0 Å². The molecule has 2 atom stereocenters. The molecule has 0 aliphatic heterocycles. The number of nitrogens with one attached hydrogen (secondary N) is 1. The molecule has 150 valence electrons. The number of Topliss-reactive ketones (excluding diaryl/α,β-unsaturated/α-hetero) is 1. The van der Waals surface area contributed by atoms with Gasteiger partial charge in [-0.2, -0.15) is 5.10 Å². The summed E-state index contributed by atoms with van der Waals surface area (Å²) in [7, 11) is 0. The van der Waals surface area contributed by atoms with E-state index < -0.39 is 5.60 Å². The lowest BCUT2D eigenvalue weighted by Crippen LogP contribution is -2.56. The van der Waals surface area contributed by atoms with Crippen molar-refractivity contribution in [3.05, 3.63) is 41.5 Å². The molecule has 0 unspecified atom stereocenters. The highest BCUT2D eigenvalue weighted by molar-refractivity contribution is 6.49. The van der Waals surface area contributed by atoms with Gasteiger partial charge in [0.15, 0.2) is 0 Å². The lowest BCUT2D eigenvalue weighted by Gasteiger charge is -2.57. The van der Waals surface area contributed by atoms with E-state index in [0.717, 1.165) is 30.5 Å². The van der Waals surface area contributed by atoms with E-state index in [9.17, 15) is 9.90 Å². The Balaban J connectivity index is 1.76. The number of hydrogen-bond donors (Lipinski definition) is 2. The van der Waals surface area contributed by atoms with E-state index >= 15 is 0 Å². The smallest absolute Gasteiger partial charge is 0.208 e. The van der Waals surface area contributed by atoms with Gasteiger partial charge in [0.1, 0.15) is 5.71 Å². The number of benzene rings is 1. The molecule has 0 amide bonds. The number of carbonyl (C=O) groups is 1. The van der Waals surface area contributed by atoms with Crippen LogP contribution in [0.4, 0.5) is 5.69 Å². The molecule has 0 saturated heterocycles. The Hall–Kier alpha value is -1.94. The van der Waals surface area contributed by atoms with Crippen LogP contribution in [0.5, 0.6) is 0 Å². The zero-order chi connectivity index (χ0) is 20.4. The summed E-state index contributed by atoms with van der Waals surface area (Å²) >= 11 is 0. The van der Waals surface area contributed by atoms with Gasteiger partial charge in [0.05, 0.1) is 11.3 Å². The Morgan fingerprint density at radius 2 is 1.64 bits per heavy atom. The van der Waals surface area contributed by atoms with E-state index in [1.807, 2.05) is 30.3 Å². The molecule has 3 aliphatic carbocycles. The fourth-order valence-corrected chi connectivity index (χ4v) is 6.48. The van der Waals surface area contributed by atoms with E-state index in [-0.39, 0.29) is 22.0 Å². The number of carbonyl (C=O) groups excluding carboxylic acids is 1. The van der Waals surface area contributed by atoms with Crippen molar-refractivity contribution in [2.45, 2.75) is 72.3 Å². The fraction of sp³-hybridized carbons (Fsp3) is 0.583. The van der Waals surface area contributed by atoms with Crippen LogP contribution in [-0.4, -0.2) is 22.2 Å². The van der Waals surface area contributed by atoms with Gasteiger partial charge < -0.3 is 5.11 Å². The summed E-state index contributed by atoms with van der Waals surface area (Å²) < 4.78 is 0. The first-order valence-corrected chi connectivity index (χ1v) is 10.3. The Bertz CT molecular complexity index is 881.